The summed E-state index contributed by atoms with van der Waals surface area (Å²) in [7, 11) is 0. The highest BCUT2D eigenvalue weighted by atomic mass is 19.1. The molecule has 0 N–H and O–H groups in total. The van der Waals surface area contributed by atoms with Gasteiger partial charge in [-0.3, -0.25) is 0 Å². The Morgan fingerprint density at radius 1 is 1.08 bits per heavy atom. The van der Waals surface area contributed by atoms with Crippen LogP contribution in [0.2, 0.25) is 0 Å². The van der Waals surface area contributed by atoms with Gasteiger partial charge >= 0.3 is 5.63 Å². The Labute approximate surface area is 150 Å². The predicted molar refractivity (Wildman–Crippen MR) is 101 cm³/mol. The van der Waals surface area contributed by atoms with Crippen LogP contribution in [-0.2, 0) is 6.42 Å². The number of hydrogen-bond donors (Lipinski definition) is 0. The summed E-state index contributed by atoms with van der Waals surface area (Å²) in [6, 6.07) is 9.81. The normalized spacial score (nSPS) is 11.5. The summed E-state index contributed by atoms with van der Waals surface area (Å²) < 4.78 is 24.6. The van der Waals surface area contributed by atoms with E-state index in [4.69, 9.17) is 8.83 Å². The molecule has 4 aromatic rings. The van der Waals surface area contributed by atoms with Crippen LogP contribution < -0.4 is 5.63 Å². The second-order valence-corrected chi connectivity index (χ2v) is 6.62. The van der Waals surface area contributed by atoms with E-state index in [2.05, 4.69) is 6.92 Å². The second kappa shape index (κ2) is 6.45. The third kappa shape index (κ3) is 2.71. The van der Waals surface area contributed by atoms with Crippen LogP contribution >= 0.6 is 0 Å². The molecule has 0 radical (unpaired) electrons. The Morgan fingerprint density at radius 2 is 1.85 bits per heavy atom. The Bertz CT molecular complexity index is 1150. The maximum atomic E-state index is 13.3. The van der Waals surface area contributed by atoms with Crippen LogP contribution in [0.15, 0.2) is 56.3 Å². The van der Waals surface area contributed by atoms with E-state index >= 15 is 0 Å². The molecule has 0 aliphatic heterocycles. The fourth-order valence-corrected chi connectivity index (χ4v) is 3.53. The first-order chi connectivity index (χ1) is 12.6. The number of aryl methyl sites for hydroxylation is 2. The van der Waals surface area contributed by atoms with Crippen molar-refractivity contribution < 1.29 is 13.2 Å². The molecule has 0 fully saturated rings. The minimum Gasteiger partial charge on any atom is -0.463 e. The van der Waals surface area contributed by atoms with Crippen molar-refractivity contribution in [3.05, 3.63) is 70.0 Å². The minimum absolute atomic E-state index is 0.271. The van der Waals surface area contributed by atoms with Gasteiger partial charge in [0.25, 0.3) is 0 Å². The van der Waals surface area contributed by atoms with Gasteiger partial charge in [0.1, 0.15) is 17.0 Å². The number of fused-ring (bicyclic) bond motifs is 3. The number of halogens is 1. The predicted octanol–water partition coefficient (Wildman–Crippen LogP) is 6.00. The zero-order valence-electron chi connectivity index (χ0n) is 14.8. The van der Waals surface area contributed by atoms with Crippen molar-refractivity contribution in [1.82, 2.24) is 0 Å². The number of furan rings is 1. The summed E-state index contributed by atoms with van der Waals surface area (Å²) in [4.78, 5) is 11.9. The molecule has 4 heteroatoms. The molecular formula is C22H19FO3. The van der Waals surface area contributed by atoms with E-state index in [-0.39, 0.29) is 11.4 Å². The van der Waals surface area contributed by atoms with Gasteiger partial charge in [0.15, 0.2) is 0 Å². The van der Waals surface area contributed by atoms with Crippen LogP contribution in [0.25, 0.3) is 33.1 Å². The van der Waals surface area contributed by atoms with Gasteiger partial charge in [-0.15, -0.1) is 0 Å². The lowest BCUT2D eigenvalue weighted by Crippen LogP contribution is -2.01. The van der Waals surface area contributed by atoms with E-state index in [1.165, 1.54) is 12.1 Å². The summed E-state index contributed by atoms with van der Waals surface area (Å²) in [6.07, 6.45) is 4.51. The zero-order chi connectivity index (χ0) is 18.3. The molecule has 0 amide bonds. The van der Waals surface area contributed by atoms with Crippen molar-refractivity contribution in [2.75, 3.05) is 0 Å². The fraction of sp³-hybridized carbons (Fsp3) is 0.227. The van der Waals surface area contributed by atoms with Crippen LogP contribution in [0.3, 0.4) is 0 Å². The molecule has 0 saturated heterocycles. The highest BCUT2D eigenvalue weighted by Gasteiger charge is 2.18. The van der Waals surface area contributed by atoms with E-state index in [1.54, 1.807) is 24.5 Å². The van der Waals surface area contributed by atoms with Crippen molar-refractivity contribution in [3.8, 4) is 11.1 Å². The lowest BCUT2D eigenvalue weighted by molar-refractivity contribution is 0.556. The van der Waals surface area contributed by atoms with Crippen molar-refractivity contribution in [3.63, 3.8) is 0 Å². The Balaban J connectivity index is 2.04. The van der Waals surface area contributed by atoms with Crippen LogP contribution in [0.1, 0.15) is 30.9 Å². The number of hydrogen-bond acceptors (Lipinski definition) is 3. The van der Waals surface area contributed by atoms with E-state index in [0.29, 0.717) is 11.2 Å². The Kier molecular flexibility index (Phi) is 4.11. The molecule has 0 aliphatic rings. The molecule has 0 aliphatic carbocycles. The molecule has 4 rings (SSSR count). The average molecular weight is 350 g/mol. The topological polar surface area (TPSA) is 43.4 Å². The Hall–Kier alpha value is -2.88. The summed E-state index contributed by atoms with van der Waals surface area (Å²) in [5.41, 5.74) is 4.63. The van der Waals surface area contributed by atoms with E-state index in [0.717, 1.165) is 52.3 Å². The maximum Gasteiger partial charge on any atom is 0.336 e. The third-order valence-electron chi connectivity index (χ3n) is 4.79. The molecule has 0 atom stereocenters. The summed E-state index contributed by atoms with van der Waals surface area (Å²) in [5, 5.41) is 1.82. The maximum absolute atomic E-state index is 13.3. The minimum atomic E-state index is -0.340. The molecule has 0 spiro atoms. The molecule has 0 bridgehead atoms. The zero-order valence-corrected chi connectivity index (χ0v) is 14.8. The van der Waals surface area contributed by atoms with Gasteiger partial charge in [-0.05, 0) is 54.7 Å². The van der Waals surface area contributed by atoms with Crippen molar-refractivity contribution in [1.29, 1.82) is 0 Å². The molecule has 2 heterocycles. The quantitative estimate of drug-likeness (QED) is 0.424. The lowest BCUT2D eigenvalue weighted by atomic mass is 9.96. The SMILES string of the molecule is CCCCc1cc(=O)oc2cc(C)c3c(-c4ccc(F)cc4)coc3c12. The largest absolute Gasteiger partial charge is 0.463 e. The standard InChI is InChI=1S/C22H19FO3/c1-3-4-5-15-11-19(24)26-18-10-13(2)20-17(12-25-22(20)21(15)18)14-6-8-16(23)9-7-14/h6-12H,3-5H2,1-2H3. The highest BCUT2D eigenvalue weighted by Crippen LogP contribution is 2.38. The first-order valence-electron chi connectivity index (χ1n) is 8.82. The van der Waals surface area contributed by atoms with Crippen molar-refractivity contribution >= 4 is 21.9 Å². The number of unbranched alkanes of at least 4 members (excludes halogenated alkanes) is 1. The molecule has 2 aromatic carbocycles. The molecule has 132 valence electrons. The molecule has 2 aromatic heterocycles. The summed E-state index contributed by atoms with van der Waals surface area (Å²) in [6.45, 7) is 4.08. The average Bonchev–Trinajstić information content (AvgIpc) is 3.05. The monoisotopic (exact) mass is 350 g/mol. The van der Waals surface area contributed by atoms with Crippen LogP contribution in [0.4, 0.5) is 4.39 Å². The van der Waals surface area contributed by atoms with Crippen molar-refractivity contribution in [2.45, 2.75) is 33.1 Å². The second-order valence-electron chi connectivity index (χ2n) is 6.62. The highest BCUT2D eigenvalue weighted by molar-refractivity contribution is 6.10. The van der Waals surface area contributed by atoms with Gasteiger partial charge in [-0.25, -0.2) is 9.18 Å². The first kappa shape index (κ1) is 16.6. The fourth-order valence-electron chi connectivity index (χ4n) is 3.53. The first-order valence-corrected chi connectivity index (χ1v) is 8.82. The van der Waals surface area contributed by atoms with Gasteiger partial charge in [0, 0.05) is 17.0 Å². The third-order valence-corrected chi connectivity index (χ3v) is 4.79. The van der Waals surface area contributed by atoms with Gasteiger partial charge in [-0.1, -0.05) is 25.5 Å². The van der Waals surface area contributed by atoms with E-state index < -0.39 is 0 Å². The van der Waals surface area contributed by atoms with Gasteiger partial charge < -0.3 is 8.83 Å². The molecule has 3 nitrogen and oxygen atoms in total. The van der Waals surface area contributed by atoms with Crippen LogP contribution in [0.5, 0.6) is 0 Å². The molecule has 26 heavy (non-hydrogen) atoms. The van der Waals surface area contributed by atoms with E-state index in [9.17, 15) is 9.18 Å². The number of benzene rings is 2. The smallest absolute Gasteiger partial charge is 0.336 e. The molecular weight excluding hydrogens is 331 g/mol. The molecule has 0 saturated carbocycles. The van der Waals surface area contributed by atoms with Crippen molar-refractivity contribution in [2.24, 2.45) is 0 Å². The van der Waals surface area contributed by atoms with Crippen LogP contribution in [-0.4, -0.2) is 0 Å². The van der Waals surface area contributed by atoms with Gasteiger partial charge in [-0.2, -0.15) is 0 Å². The molecule has 0 unspecified atom stereocenters. The summed E-state index contributed by atoms with van der Waals surface area (Å²) >= 11 is 0. The van der Waals surface area contributed by atoms with Gasteiger partial charge in [0.2, 0.25) is 0 Å². The van der Waals surface area contributed by atoms with Gasteiger partial charge in [0.05, 0.1) is 11.6 Å². The van der Waals surface area contributed by atoms with Crippen LogP contribution in [0, 0.1) is 12.7 Å². The van der Waals surface area contributed by atoms with E-state index in [1.807, 2.05) is 13.0 Å². The lowest BCUT2D eigenvalue weighted by Gasteiger charge is -2.08. The Morgan fingerprint density at radius 3 is 2.58 bits per heavy atom. The summed E-state index contributed by atoms with van der Waals surface area (Å²) in [5.74, 6) is -0.271. The number of rotatable bonds is 4.